The number of para-hydroxylation sites is 1. The number of thioether (sulfide) groups is 1. The van der Waals surface area contributed by atoms with Gasteiger partial charge in [-0.15, -0.1) is 11.8 Å². The number of likely N-dealkylation sites (tertiary alicyclic amines) is 1. The minimum absolute atomic E-state index is 0.181. The minimum Gasteiger partial charge on any atom is -0.465 e. The Bertz CT molecular complexity index is 1210. The second-order valence-corrected chi connectivity index (χ2v) is 13.9. The highest BCUT2D eigenvalue weighted by Crippen LogP contribution is 2.65. The van der Waals surface area contributed by atoms with Crippen molar-refractivity contribution in [3.05, 3.63) is 53.1 Å². The molecular formula is C30H37ClN2O5S. The van der Waals surface area contributed by atoms with Crippen LogP contribution in [0.15, 0.2) is 42.5 Å². The lowest BCUT2D eigenvalue weighted by Crippen LogP contribution is -2.57. The number of allylic oxidation sites excluding steroid dienone is 1. The normalized spacial score (nSPS) is 34.0. The van der Waals surface area contributed by atoms with Crippen molar-refractivity contribution in [3.63, 3.8) is 0 Å². The molecule has 7 nitrogen and oxygen atoms in total. The van der Waals surface area contributed by atoms with Crippen LogP contribution < -0.4 is 4.90 Å². The quantitative estimate of drug-likeness (QED) is 0.412. The highest BCUT2D eigenvalue weighted by molar-refractivity contribution is 8.02. The average molecular weight is 573 g/mol. The standard InChI is InChI=1S/C30H37ClN2O5S/c1-18(2)16-20(17-34)33-25-27(36)32(24-19(3)10-8-11-21(24)31)14-9-13-30(25)22(26(33)35)23-28(37)38-15-7-5-6-12-29(23,4)39-30/h6,8-13,18,20,22-23,25,34H,5,7,14-17H2,1-4H3/b12-6-/t20-,22+,23-,25?,29+,30+/m1/s1. The number of fused-ring (bicyclic) bond motifs is 2. The Labute approximate surface area is 239 Å². The number of hydrogen-bond donors (Lipinski definition) is 1. The first-order valence-electron chi connectivity index (χ1n) is 13.8. The Balaban J connectivity index is 1.70. The summed E-state index contributed by atoms with van der Waals surface area (Å²) in [5, 5.41) is 11.0. The van der Waals surface area contributed by atoms with Crippen LogP contribution in [0.25, 0.3) is 0 Å². The summed E-state index contributed by atoms with van der Waals surface area (Å²) in [5.74, 6) is -2.32. The number of anilines is 1. The number of ether oxygens (including phenoxy) is 1. The monoisotopic (exact) mass is 572 g/mol. The first-order chi connectivity index (χ1) is 18.6. The first kappa shape index (κ1) is 28.2. The molecule has 39 heavy (non-hydrogen) atoms. The number of carbonyl (C=O) groups is 3. The number of cyclic esters (lactones) is 1. The van der Waals surface area contributed by atoms with Crippen LogP contribution >= 0.6 is 23.4 Å². The number of amides is 2. The summed E-state index contributed by atoms with van der Waals surface area (Å²) in [4.78, 5) is 46.1. The fourth-order valence-corrected chi connectivity index (χ4v) is 9.42. The molecule has 2 amide bonds. The summed E-state index contributed by atoms with van der Waals surface area (Å²) >= 11 is 8.15. The lowest BCUT2D eigenvalue weighted by atomic mass is 9.74. The van der Waals surface area contributed by atoms with Crippen molar-refractivity contribution in [1.29, 1.82) is 0 Å². The maximum absolute atomic E-state index is 14.7. The van der Waals surface area contributed by atoms with Crippen LogP contribution in [0.5, 0.6) is 0 Å². The van der Waals surface area contributed by atoms with Crippen molar-refractivity contribution in [2.75, 3.05) is 24.7 Å². The zero-order valence-corrected chi connectivity index (χ0v) is 24.5. The van der Waals surface area contributed by atoms with Gasteiger partial charge < -0.3 is 19.6 Å². The Morgan fingerprint density at radius 2 is 1.92 bits per heavy atom. The summed E-state index contributed by atoms with van der Waals surface area (Å²) in [6, 6.07) is 4.03. The van der Waals surface area contributed by atoms with Crippen molar-refractivity contribution in [2.45, 2.75) is 68.5 Å². The van der Waals surface area contributed by atoms with Crippen molar-refractivity contribution in [1.82, 2.24) is 4.90 Å². The molecule has 9 heteroatoms. The van der Waals surface area contributed by atoms with E-state index in [-0.39, 0.29) is 30.9 Å². The van der Waals surface area contributed by atoms with Crippen molar-refractivity contribution in [2.24, 2.45) is 17.8 Å². The van der Waals surface area contributed by atoms with Gasteiger partial charge in [-0.3, -0.25) is 14.4 Å². The molecule has 1 N–H and O–H groups in total. The maximum Gasteiger partial charge on any atom is 0.311 e. The van der Waals surface area contributed by atoms with Gasteiger partial charge in [-0.25, -0.2) is 0 Å². The molecule has 1 aromatic carbocycles. The lowest BCUT2D eigenvalue weighted by molar-refractivity contribution is -0.154. The van der Waals surface area contributed by atoms with E-state index in [1.165, 1.54) is 11.8 Å². The number of aliphatic hydroxyl groups is 1. The topological polar surface area (TPSA) is 87.2 Å². The van der Waals surface area contributed by atoms with E-state index in [1.54, 1.807) is 15.9 Å². The number of aryl methyl sites for hydroxylation is 1. The molecule has 2 saturated heterocycles. The van der Waals surface area contributed by atoms with Crippen LogP contribution in [0.2, 0.25) is 5.02 Å². The highest BCUT2D eigenvalue weighted by atomic mass is 35.5. The molecule has 0 bridgehead atoms. The number of rotatable bonds is 5. The molecule has 5 rings (SSSR count). The van der Waals surface area contributed by atoms with Crippen LogP contribution in [0.3, 0.4) is 0 Å². The molecule has 0 saturated carbocycles. The Kier molecular flexibility index (Phi) is 7.68. The van der Waals surface area contributed by atoms with Crippen LogP contribution in [0.4, 0.5) is 5.69 Å². The van der Waals surface area contributed by atoms with Crippen molar-refractivity contribution >= 4 is 46.8 Å². The Morgan fingerprint density at radius 1 is 1.15 bits per heavy atom. The third kappa shape index (κ3) is 4.52. The molecule has 1 aromatic rings. The largest absolute Gasteiger partial charge is 0.465 e. The Hall–Kier alpha value is -2.29. The Morgan fingerprint density at radius 3 is 2.62 bits per heavy atom. The van der Waals surface area contributed by atoms with Gasteiger partial charge in [0, 0.05) is 11.3 Å². The second-order valence-electron chi connectivity index (χ2n) is 11.7. The average Bonchev–Trinajstić information content (AvgIpc) is 3.23. The third-order valence-electron chi connectivity index (χ3n) is 8.49. The molecule has 2 fully saturated rings. The maximum atomic E-state index is 14.7. The van der Waals surface area contributed by atoms with E-state index in [9.17, 15) is 19.5 Å². The van der Waals surface area contributed by atoms with Gasteiger partial charge in [0.05, 0.1) is 46.5 Å². The first-order valence-corrected chi connectivity index (χ1v) is 15.0. The van der Waals surface area contributed by atoms with Gasteiger partial charge in [0.1, 0.15) is 6.04 Å². The zero-order valence-electron chi connectivity index (χ0n) is 22.9. The molecule has 4 heterocycles. The number of nitrogens with zero attached hydrogens (tertiary/aromatic N) is 2. The molecule has 0 aromatic heterocycles. The SMILES string of the molecule is Cc1cccc(Cl)c1N1CC=C[C@]23S[C@@]4(C)/C=C\CCCOC(=O)[C@H]4[C@H]2C(=O)N([C@@H](CO)CC(C)C)C3C1=O. The summed E-state index contributed by atoms with van der Waals surface area (Å²) in [7, 11) is 0. The van der Waals surface area contributed by atoms with Gasteiger partial charge in [0.2, 0.25) is 5.91 Å². The molecule has 4 aliphatic heterocycles. The van der Waals surface area contributed by atoms with Crippen LogP contribution in [0, 0.1) is 24.7 Å². The molecular weight excluding hydrogens is 536 g/mol. The lowest BCUT2D eigenvalue weighted by Gasteiger charge is -2.40. The number of aliphatic hydroxyl groups excluding tert-OH is 1. The van der Waals surface area contributed by atoms with E-state index in [4.69, 9.17) is 16.3 Å². The van der Waals surface area contributed by atoms with E-state index in [1.807, 2.05) is 58.1 Å². The van der Waals surface area contributed by atoms with Gasteiger partial charge >= 0.3 is 5.97 Å². The van der Waals surface area contributed by atoms with Crippen LogP contribution in [-0.2, 0) is 19.1 Å². The third-order valence-corrected chi connectivity index (χ3v) is 10.6. The summed E-state index contributed by atoms with van der Waals surface area (Å²) in [6.45, 7) is 8.24. The molecule has 4 aliphatic rings. The van der Waals surface area contributed by atoms with Crippen LogP contribution in [-0.4, -0.2) is 69.1 Å². The smallest absolute Gasteiger partial charge is 0.311 e. The summed E-state index contributed by atoms with van der Waals surface area (Å²) < 4.78 is 3.95. The predicted octanol–water partition coefficient (Wildman–Crippen LogP) is 4.54. The van der Waals surface area contributed by atoms with Gasteiger partial charge in [-0.05, 0) is 50.7 Å². The molecule has 210 valence electrons. The van der Waals surface area contributed by atoms with E-state index < -0.39 is 39.4 Å². The fraction of sp³-hybridized carbons (Fsp3) is 0.567. The number of hydrogen-bond acceptors (Lipinski definition) is 6. The highest BCUT2D eigenvalue weighted by Gasteiger charge is 2.74. The number of halogens is 1. The van der Waals surface area contributed by atoms with Gasteiger partial charge in [-0.2, -0.15) is 0 Å². The second kappa shape index (κ2) is 10.6. The molecule has 1 unspecified atom stereocenters. The van der Waals surface area contributed by atoms with Gasteiger partial charge in [0.25, 0.3) is 5.91 Å². The predicted molar refractivity (Wildman–Crippen MR) is 154 cm³/mol. The van der Waals surface area contributed by atoms with E-state index >= 15 is 0 Å². The zero-order chi connectivity index (χ0) is 28.1. The van der Waals surface area contributed by atoms with Gasteiger partial charge in [0.15, 0.2) is 0 Å². The number of benzene rings is 1. The van der Waals surface area contributed by atoms with E-state index in [2.05, 4.69) is 6.08 Å². The summed E-state index contributed by atoms with van der Waals surface area (Å²) in [6.07, 6.45) is 10.0. The molecule has 6 atom stereocenters. The van der Waals surface area contributed by atoms with E-state index in [0.29, 0.717) is 23.7 Å². The van der Waals surface area contributed by atoms with Gasteiger partial charge in [-0.1, -0.05) is 61.9 Å². The van der Waals surface area contributed by atoms with Crippen LogP contribution in [0.1, 0.15) is 45.6 Å². The molecule has 0 radical (unpaired) electrons. The fourth-order valence-electron chi connectivity index (χ4n) is 6.95. The number of esters is 1. The van der Waals surface area contributed by atoms with Crippen molar-refractivity contribution in [3.8, 4) is 0 Å². The number of carbonyl (C=O) groups excluding carboxylic acids is 3. The molecule has 0 aliphatic carbocycles. The van der Waals surface area contributed by atoms with Crippen molar-refractivity contribution < 1.29 is 24.2 Å². The minimum atomic E-state index is -1.01. The summed E-state index contributed by atoms with van der Waals surface area (Å²) in [5.41, 5.74) is 1.46. The molecule has 1 spiro atoms. The van der Waals surface area contributed by atoms with E-state index in [0.717, 1.165) is 18.4 Å².